The van der Waals surface area contributed by atoms with Gasteiger partial charge < -0.3 is 10.4 Å². The number of aliphatic hydroxyl groups excluding tert-OH is 1. The second-order valence-electron chi connectivity index (χ2n) is 8.54. The molecule has 2 aromatic heterocycles. The van der Waals surface area contributed by atoms with Crippen LogP contribution in [-0.4, -0.2) is 48.6 Å². The van der Waals surface area contributed by atoms with Gasteiger partial charge >= 0.3 is 6.18 Å². The van der Waals surface area contributed by atoms with Crippen molar-refractivity contribution in [1.82, 2.24) is 24.9 Å². The lowest BCUT2D eigenvalue weighted by atomic mass is 10.0. The van der Waals surface area contributed by atoms with Crippen molar-refractivity contribution in [3.8, 4) is 5.69 Å². The summed E-state index contributed by atoms with van der Waals surface area (Å²) in [6.45, 7) is 2.72. The number of fused-ring (bicyclic) bond motifs is 2. The minimum atomic E-state index is -4.41. The molecule has 1 aromatic carbocycles. The standard InChI is InChI=1S/C22H23F3N6O/c1-13-2-4-16(18(8-13)31-27-6-7-28-31)21(32)30-12-14-9-17(19(30)10-14)29-20-5-3-15(11-26-20)22(23,24)25/h2-8,11,14,17,19,21,32H,9-10,12H2,1H3,(H,26,29). The molecular formula is C22H23F3N6O. The Morgan fingerprint density at radius 3 is 2.56 bits per heavy atom. The average Bonchev–Trinajstić information content (AvgIpc) is 3.50. The number of piperidine rings is 1. The number of aromatic nitrogens is 4. The van der Waals surface area contributed by atoms with Gasteiger partial charge in [-0.2, -0.15) is 28.2 Å². The van der Waals surface area contributed by atoms with E-state index in [9.17, 15) is 18.3 Å². The highest BCUT2D eigenvalue weighted by Crippen LogP contribution is 2.43. The van der Waals surface area contributed by atoms with Gasteiger partial charge in [0, 0.05) is 30.4 Å². The van der Waals surface area contributed by atoms with Crippen LogP contribution in [0.2, 0.25) is 0 Å². The van der Waals surface area contributed by atoms with Gasteiger partial charge in [-0.1, -0.05) is 12.1 Å². The third-order valence-corrected chi connectivity index (χ3v) is 6.36. The van der Waals surface area contributed by atoms with Gasteiger partial charge in [0.15, 0.2) is 0 Å². The van der Waals surface area contributed by atoms with Gasteiger partial charge in [-0.3, -0.25) is 4.90 Å². The third-order valence-electron chi connectivity index (χ3n) is 6.36. The molecular weight excluding hydrogens is 421 g/mol. The number of nitrogens with zero attached hydrogens (tertiary/aromatic N) is 5. The number of alkyl halides is 3. The molecule has 3 heterocycles. The SMILES string of the molecule is Cc1ccc(C(O)N2CC3CC(Nc4ccc(C(F)(F)F)cn4)C2C3)c(-n2nccn2)c1. The van der Waals surface area contributed by atoms with Gasteiger partial charge in [-0.05, 0) is 49.4 Å². The van der Waals surface area contributed by atoms with Gasteiger partial charge in [0.25, 0.3) is 0 Å². The fourth-order valence-electron chi connectivity index (χ4n) is 4.90. The molecule has 0 radical (unpaired) electrons. The van der Waals surface area contributed by atoms with Crippen molar-refractivity contribution in [2.75, 3.05) is 11.9 Å². The molecule has 7 nitrogen and oxygen atoms in total. The van der Waals surface area contributed by atoms with Crippen molar-refractivity contribution in [2.45, 2.75) is 44.3 Å². The van der Waals surface area contributed by atoms with Crippen LogP contribution in [0, 0.1) is 12.8 Å². The van der Waals surface area contributed by atoms with E-state index in [0.29, 0.717) is 17.3 Å². The fourth-order valence-corrected chi connectivity index (χ4v) is 4.90. The molecule has 168 valence electrons. The number of benzene rings is 1. The smallest absolute Gasteiger partial charge is 0.374 e. The van der Waals surface area contributed by atoms with Crippen molar-refractivity contribution in [1.29, 1.82) is 0 Å². The summed E-state index contributed by atoms with van der Waals surface area (Å²) in [5.74, 6) is 0.806. The number of anilines is 1. The van der Waals surface area contributed by atoms with E-state index in [-0.39, 0.29) is 12.1 Å². The molecule has 2 fully saturated rings. The van der Waals surface area contributed by atoms with E-state index in [4.69, 9.17) is 0 Å². The average molecular weight is 444 g/mol. The predicted octanol–water partition coefficient (Wildman–Crippen LogP) is 3.56. The molecule has 4 unspecified atom stereocenters. The van der Waals surface area contributed by atoms with Crippen LogP contribution in [0.5, 0.6) is 0 Å². The first-order chi connectivity index (χ1) is 15.3. The first kappa shape index (κ1) is 20.9. The normalized spacial score (nSPS) is 24.1. The van der Waals surface area contributed by atoms with Crippen LogP contribution in [0.1, 0.15) is 35.8 Å². The Morgan fingerprint density at radius 2 is 1.91 bits per heavy atom. The summed E-state index contributed by atoms with van der Waals surface area (Å²) >= 11 is 0. The number of halogens is 3. The first-order valence-electron chi connectivity index (χ1n) is 10.5. The number of hydrogen-bond donors (Lipinski definition) is 2. The van der Waals surface area contributed by atoms with Crippen LogP contribution in [-0.2, 0) is 6.18 Å². The van der Waals surface area contributed by atoms with Crippen molar-refractivity contribution in [3.63, 3.8) is 0 Å². The van der Waals surface area contributed by atoms with E-state index >= 15 is 0 Å². The fraction of sp³-hybridized carbons (Fsp3) is 0.409. The summed E-state index contributed by atoms with van der Waals surface area (Å²) in [7, 11) is 0. The third kappa shape index (κ3) is 3.84. The Kier molecular flexibility index (Phi) is 5.13. The Bertz CT molecular complexity index is 1090. The van der Waals surface area contributed by atoms with E-state index in [2.05, 4.69) is 20.5 Å². The van der Waals surface area contributed by atoms with E-state index in [1.165, 1.54) is 10.9 Å². The summed E-state index contributed by atoms with van der Waals surface area (Å²) in [4.78, 5) is 7.50. The zero-order chi connectivity index (χ0) is 22.5. The van der Waals surface area contributed by atoms with Gasteiger partial charge in [0.05, 0.1) is 23.6 Å². The molecule has 5 rings (SSSR count). The molecule has 0 amide bonds. The van der Waals surface area contributed by atoms with Gasteiger partial charge in [0.2, 0.25) is 0 Å². The Morgan fingerprint density at radius 1 is 1.12 bits per heavy atom. The largest absolute Gasteiger partial charge is 0.417 e. The van der Waals surface area contributed by atoms with Crippen LogP contribution >= 0.6 is 0 Å². The topological polar surface area (TPSA) is 79.1 Å². The monoisotopic (exact) mass is 444 g/mol. The van der Waals surface area contributed by atoms with Gasteiger partial charge in [-0.25, -0.2) is 4.98 Å². The maximum absolute atomic E-state index is 12.8. The van der Waals surface area contributed by atoms with Gasteiger partial charge in [0.1, 0.15) is 12.0 Å². The second-order valence-corrected chi connectivity index (χ2v) is 8.54. The first-order valence-corrected chi connectivity index (χ1v) is 10.5. The number of pyridine rings is 1. The molecule has 2 bridgehead atoms. The quantitative estimate of drug-likeness (QED) is 0.627. The molecule has 1 saturated carbocycles. The van der Waals surface area contributed by atoms with Crippen LogP contribution in [0.15, 0.2) is 48.9 Å². The summed E-state index contributed by atoms with van der Waals surface area (Å²) in [5, 5.41) is 23.0. The Hall–Kier alpha value is -2.98. The highest BCUT2D eigenvalue weighted by Gasteiger charge is 2.47. The molecule has 1 aliphatic carbocycles. The highest BCUT2D eigenvalue weighted by molar-refractivity contribution is 5.44. The van der Waals surface area contributed by atoms with E-state index in [0.717, 1.165) is 42.9 Å². The maximum atomic E-state index is 12.8. The minimum absolute atomic E-state index is 0.00985. The predicted molar refractivity (Wildman–Crippen MR) is 111 cm³/mol. The van der Waals surface area contributed by atoms with Crippen molar-refractivity contribution < 1.29 is 18.3 Å². The molecule has 3 aromatic rings. The lowest BCUT2D eigenvalue weighted by Crippen LogP contribution is -2.46. The summed E-state index contributed by atoms with van der Waals surface area (Å²) in [6, 6.07) is 8.20. The van der Waals surface area contributed by atoms with E-state index < -0.39 is 18.0 Å². The van der Waals surface area contributed by atoms with Crippen molar-refractivity contribution in [3.05, 3.63) is 65.6 Å². The summed E-state index contributed by atoms with van der Waals surface area (Å²) < 4.78 is 38.4. The molecule has 2 aliphatic rings. The molecule has 1 aliphatic heterocycles. The molecule has 32 heavy (non-hydrogen) atoms. The van der Waals surface area contributed by atoms with E-state index in [1.54, 1.807) is 12.4 Å². The van der Waals surface area contributed by atoms with Crippen LogP contribution in [0.4, 0.5) is 19.0 Å². The van der Waals surface area contributed by atoms with Crippen molar-refractivity contribution in [2.24, 2.45) is 5.92 Å². The molecule has 10 heteroatoms. The zero-order valence-electron chi connectivity index (χ0n) is 17.4. The minimum Gasteiger partial charge on any atom is -0.374 e. The maximum Gasteiger partial charge on any atom is 0.417 e. The number of rotatable bonds is 5. The zero-order valence-corrected chi connectivity index (χ0v) is 17.4. The Labute approximate surface area is 182 Å². The lowest BCUT2D eigenvalue weighted by Gasteiger charge is -2.37. The summed E-state index contributed by atoms with van der Waals surface area (Å²) in [6.07, 6.45) is 0.568. The Balaban J connectivity index is 1.35. The van der Waals surface area contributed by atoms with Crippen LogP contribution in [0.25, 0.3) is 5.69 Å². The lowest BCUT2D eigenvalue weighted by molar-refractivity contribution is -0.137. The summed E-state index contributed by atoms with van der Waals surface area (Å²) in [5.41, 5.74) is 1.70. The number of hydrogen-bond acceptors (Lipinski definition) is 6. The number of nitrogens with one attached hydrogen (secondary N) is 1. The second kappa shape index (κ2) is 7.86. The molecule has 2 N–H and O–H groups in total. The molecule has 0 spiro atoms. The number of likely N-dealkylation sites (tertiary alicyclic amines) is 1. The van der Waals surface area contributed by atoms with Crippen LogP contribution < -0.4 is 5.32 Å². The molecule has 4 atom stereocenters. The highest BCUT2D eigenvalue weighted by atomic mass is 19.4. The number of aliphatic hydroxyl groups is 1. The molecule has 1 saturated heterocycles. The van der Waals surface area contributed by atoms with E-state index in [1.807, 2.05) is 30.0 Å². The van der Waals surface area contributed by atoms with Gasteiger partial charge in [-0.15, -0.1) is 0 Å². The van der Waals surface area contributed by atoms with Crippen molar-refractivity contribution >= 4 is 5.82 Å². The van der Waals surface area contributed by atoms with Crippen LogP contribution in [0.3, 0.4) is 0 Å². The number of aryl methyl sites for hydroxylation is 1.